The van der Waals surface area contributed by atoms with Crippen LogP contribution in [-0.2, 0) is 23.1 Å². The third kappa shape index (κ3) is 4.86. The van der Waals surface area contributed by atoms with Crippen LogP contribution in [-0.4, -0.2) is 49.7 Å². The smallest absolute Gasteiger partial charge is 0.406 e. The average molecular weight is 570 g/mol. The van der Waals surface area contributed by atoms with Gasteiger partial charge in [0.2, 0.25) is 0 Å². The van der Waals surface area contributed by atoms with Gasteiger partial charge < -0.3 is 9.30 Å². The number of halogens is 6. The Morgan fingerprint density at radius 1 is 1.00 bits per heavy atom. The average Bonchev–Trinajstić information content (AvgIpc) is 3.40. The number of hydrogen-bond donors (Lipinski definition) is 0. The van der Waals surface area contributed by atoms with Crippen LogP contribution in [0.5, 0.6) is 5.75 Å². The largest absolute Gasteiger partial charge is 0.573 e. The molecular formula is C23H16F6N6O3S. The van der Waals surface area contributed by atoms with Gasteiger partial charge in [0.15, 0.2) is 20.5 Å². The highest BCUT2D eigenvalue weighted by molar-refractivity contribution is 7.91. The molecule has 0 aliphatic carbocycles. The molecule has 0 amide bonds. The highest BCUT2D eigenvalue weighted by Gasteiger charge is 2.34. The van der Waals surface area contributed by atoms with Gasteiger partial charge in [-0.25, -0.2) is 27.9 Å². The van der Waals surface area contributed by atoms with Gasteiger partial charge in [0.25, 0.3) is 0 Å². The van der Waals surface area contributed by atoms with Gasteiger partial charge in [-0.05, 0) is 36.4 Å². The van der Waals surface area contributed by atoms with Crippen LogP contribution in [0.2, 0.25) is 0 Å². The van der Waals surface area contributed by atoms with Gasteiger partial charge in [0, 0.05) is 18.8 Å². The molecule has 5 rings (SSSR count). The Labute approximate surface area is 215 Å². The maximum absolute atomic E-state index is 13.2. The van der Waals surface area contributed by atoms with Crippen molar-refractivity contribution in [3.63, 3.8) is 0 Å². The molecule has 1 aromatic carbocycles. The van der Waals surface area contributed by atoms with Gasteiger partial charge in [-0.3, -0.25) is 0 Å². The molecule has 16 heteroatoms. The second-order valence-electron chi connectivity index (χ2n) is 8.29. The molecule has 0 saturated carbocycles. The van der Waals surface area contributed by atoms with Crippen LogP contribution >= 0.6 is 0 Å². The number of aromatic nitrogens is 6. The van der Waals surface area contributed by atoms with E-state index in [0.717, 1.165) is 24.4 Å². The van der Waals surface area contributed by atoms with Crippen molar-refractivity contribution in [3.8, 4) is 28.4 Å². The molecule has 0 atom stereocenters. The van der Waals surface area contributed by atoms with E-state index >= 15 is 0 Å². The first-order valence-corrected chi connectivity index (χ1v) is 12.7. The number of fused-ring (bicyclic) bond motifs is 2. The van der Waals surface area contributed by atoms with Crippen LogP contribution in [0.3, 0.4) is 0 Å². The minimum atomic E-state index is -4.87. The van der Waals surface area contributed by atoms with Crippen molar-refractivity contribution in [3.05, 3.63) is 54.5 Å². The fourth-order valence-electron chi connectivity index (χ4n) is 3.91. The number of rotatable bonds is 5. The van der Waals surface area contributed by atoms with Crippen LogP contribution in [0.25, 0.3) is 39.3 Å². The van der Waals surface area contributed by atoms with Crippen molar-refractivity contribution in [2.45, 2.75) is 24.5 Å². The minimum absolute atomic E-state index is 0.0116. The van der Waals surface area contributed by atoms with E-state index in [1.165, 1.54) is 47.4 Å². The van der Waals surface area contributed by atoms with Crippen LogP contribution in [0, 0.1) is 0 Å². The molecular weight excluding hydrogens is 554 g/mol. The zero-order valence-corrected chi connectivity index (χ0v) is 20.7. The molecule has 39 heavy (non-hydrogen) atoms. The highest BCUT2D eigenvalue weighted by Crippen LogP contribution is 2.35. The third-order valence-corrected chi connectivity index (χ3v) is 7.43. The van der Waals surface area contributed by atoms with Crippen LogP contribution in [0.4, 0.5) is 26.3 Å². The van der Waals surface area contributed by atoms with Crippen molar-refractivity contribution in [2.75, 3.05) is 5.75 Å². The summed E-state index contributed by atoms with van der Waals surface area (Å²) < 4.78 is 110. The highest BCUT2D eigenvalue weighted by atomic mass is 32.2. The van der Waals surface area contributed by atoms with E-state index in [1.807, 2.05) is 0 Å². The summed E-state index contributed by atoms with van der Waals surface area (Å²) >= 11 is 0. The third-order valence-electron chi connectivity index (χ3n) is 5.79. The lowest BCUT2D eigenvalue weighted by atomic mass is 10.1. The van der Waals surface area contributed by atoms with Gasteiger partial charge in [0.05, 0.1) is 28.7 Å². The lowest BCUT2D eigenvalue weighted by Crippen LogP contribution is -2.16. The fraction of sp³-hybridized carbons (Fsp3) is 0.217. The zero-order chi connectivity index (χ0) is 28.3. The van der Waals surface area contributed by atoms with Gasteiger partial charge in [-0.2, -0.15) is 18.3 Å². The van der Waals surface area contributed by atoms with E-state index in [9.17, 15) is 34.8 Å². The Kier molecular flexibility index (Phi) is 6.04. The number of ether oxygens (including phenoxy) is 1. The Balaban J connectivity index is 1.71. The summed E-state index contributed by atoms with van der Waals surface area (Å²) in [6.07, 6.45) is -7.20. The Bertz CT molecular complexity index is 1830. The number of benzene rings is 1. The maximum Gasteiger partial charge on any atom is 0.573 e. The Morgan fingerprint density at radius 2 is 1.69 bits per heavy atom. The SMILES string of the molecule is CCS(=O)(=O)c1nn2ccc(-c3ccc(OC(F)(F)F)cc3)nc2c1-c1nc2cc(C(F)(F)F)ncc2n1C. The number of sulfone groups is 1. The minimum Gasteiger partial charge on any atom is -0.406 e. The molecule has 0 radical (unpaired) electrons. The van der Waals surface area contributed by atoms with E-state index < -0.39 is 33.8 Å². The van der Waals surface area contributed by atoms with Crippen molar-refractivity contribution >= 4 is 26.5 Å². The van der Waals surface area contributed by atoms with Crippen LogP contribution in [0.1, 0.15) is 12.6 Å². The number of alkyl halides is 6. The Morgan fingerprint density at radius 3 is 2.31 bits per heavy atom. The molecule has 0 N–H and O–H groups in total. The van der Waals surface area contributed by atoms with Crippen LogP contribution in [0.15, 0.2) is 53.8 Å². The van der Waals surface area contributed by atoms with E-state index in [2.05, 4.69) is 24.8 Å². The predicted molar refractivity (Wildman–Crippen MR) is 125 cm³/mol. The number of pyridine rings is 1. The normalized spacial score (nSPS) is 12.9. The number of nitrogens with zero attached hydrogens (tertiary/aromatic N) is 6. The molecule has 4 aromatic heterocycles. The molecule has 0 aliphatic rings. The van der Waals surface area contributed by atoms with Gasteiger partial charge >= 0.3 is 12.5 Å². The molecule has 5 aromatic rings. The predicted octanol–water partition coefficient (Wildman–Crippen LogP) is 5.06. The van der Waals surface area contributed by atoms with Gasteiger partial charge in [-0.1, -0.05) is 6.92 Å². The quantitative estimate of drug-likeness (QED) is 0.272. The van der Waals surface area contributed by atoms with E-state index in [-0.39, 0.29) is 44.5 Å². The lowest BCUT2D eigenvalue weighted by Gasteiger charge is -2.09. The second kappa shape index (κ2) is 8.93. The van der Waals surface area contributed by atoms with Crippen molar-refractivity contribution < 1.29 is 39.5 Å². The molecule has 0 bridgehead atoms. The first-order valence-electron chi connectivity index (χ1n) is 11.1. The van der Waals surface area contributed by atoms with Gasteiger partial charge in [0.1, 0.15) is 22.8 Å². The van der Waals surface area contributed by atoms with Crippen LogP contribution < -0.4 is 4.74 Å². The molecule has 0 unspecified atom stereocenters. The summed E-state index contributed by atoms with van der Waals surface area (Å²) in [5.74, 6) is -0.798. The molecule has 204 valence electrons. The molecule has 0 spiro atoms. The number of imidazole rings is 1. The molecule has 4 heterocycles. The molecule has 9 nitrogen and oxygen atoms in total. The zero-order valence-electron chi connectivity index (χ0n) is 19.9. The number of hydrogen-bond acceptors (Lipinski definition) is 7. The summed E-state index contributed by atoms with van der Waals surface area (Å²) in [6, 6.07) is 7.07. The fourth-order valence-corrected chi connectivity index (χ4v) is 4.89. The van der Waals surface area contributed by atoms with Crippen molar-refractivity contribution in [1.29, 1.82) is 0 Å². The molecule has 0 aliphatic heterocycles. The standard InChI is InChI=1S/C23H16F6N6O3S/c1-3-39(36,37)21-18(19-32-15-10-17(22(24,25)26)30-11-16(15)34(19)2)20-31-14(8-9-35(20)33-21)12-4-6-13(7-5-12)38-23(27,28)29/h4-11H,3H2,1-2H3. The summed E-state index contributed by atoms with van der Waals surface area (Å²) in [7, 11) is -2.49. The first-order chi connectivity index (χ1) is 18.2. The summed E-state index contributed by atoms with van der Waals surface area (Å²) in [4.78, 5) is 12.2. The first kappa shape index (κ1) is 26.4. The summed E-state index contributed by atoms with van der Waals surface area (Å²) in [6.45, 7) is 1.40. The van der Waals surface area contributed by atoms with Gasteiger partial charge in [-0.15, -0.1) is 13.2 Å². The van der Waals surface area contributed by atoms with Crippen molar-refractivity contribution in [1.82, 2.24) is 29.1 Å². The lowest BCUT2D eigenvalue weighted by molar-refractivity contribution is -0.274. The molecule has 0 saturated heterocycles. The maximum atomic E-state index is 13.2. The monoisotopic (exact) mass is 570 g/mol. The van der Waals surface area contributed by atoms with E-state index in [1.54, 1.807) is 0 Å². The second-order valence-corrected chi connectivity index (χ2v) is 10.5. The summed E-state index contributed by atoms with van der Waals surface area (Å²) in [5, 5.41) is 3.78. The van der Waals surface area contributed by atoms with E-state index in [4.69, 9.17) is 0 Å². The van der Waals surface area contributed by atoms with E-state index in [0.29, 0.717) is 5.56 Å². The summed E-state index contributed by atoms with van der Waals surface area (Å²) in [5.41, 5.74) is -0.454. The number of aryl methyl sites for hydroxylation is 1. The molecule has 0 fully saturated rings. The topological polar surface area (TPSA) is 104 Å². The van der Waals surface area contributed by atoms with Crippen molar-refractivity contribution in [2.24, 2.45) is 7.05 Å². The Hall–Kier alpha value is -4.21.